The Morgan fingerprint density at radius 1 is 1.42 bits per heavy atom. The summed E-state index contributed by atoms with van der Waals surface area (Å²) in [7, 11) is 0. The van der Waals surface area contributed by atoms with Crippen LogP contribution in [0.3, 0.4) is 0 Å². The van der Waals surface area contributed by atoms with Crippen molar-refractivity contribution in [1.82, 2.24) is 24.5 Å². The van der Waals surface area contributed by atoms with Crippen molar-refractivity contribution in [3.8, 4) is 0 Å². The average Bonchev–Trinajstić information content (AvgIpc) is 2.85. The largest absolute Gasteiger partial charge is 0.361 e. The molecule has 0 saturated heterocycles. The van der Waals surface area contributed by atoms with Crippen LogP contribution < -0.4 is 5.32 Å². The van der Waals surface area contributed by atoms with Crippen LogP contribution in [0.15, 0.2) is 12.4 Å². The highest BCUT2D eigenvalue weighted by molar-refractivity contribution is 5.80. The molecule has 2 aromatic rings. The summed E-state index contributed by atoms with van der Waals surface area (Å²) in [6.45, 7) is 7.48. The molecule has 102 valence electrons. The Kier molecular flexibility index (Phi) is 3.94. The molecule has 2 heterocycles. The Morgan fingerprint density at radius 2 is 2.16 bits per heavy atom. The van der Waals surface area contributed by atoms with Gasteiger partial charge in [-0.3, -0.25) is 4.79 Å². The van der Waals surface area contributed by atoms with E-state index in [9.17, 15) is 4.79 Å². The lowest BCUT2D eigenvalue weighted by molar-refractivity contribution is -0.128. The Morgan fingerprint density at radius 3 is 2.84 bits per heavy atom. The summed E-state index contributed by atoms with van der Waals surface area (Å²) < 4.78 is 1.59. The molecule has 0 spiro atoms. The van der Waals surface area contributed by atoms with E-state index in [0.29, 0.717) is 18.9 Å². The molecule has 0 fully saturated rings. The molecule has 1 amide bonds. The number of nitrogens with zero attached hydrogens (tertiary/aromatic N) is 5. The number of hydrogen-bond acceptors (Lipinski definition) is 5. The fourth-order valence-corrected chi connectivity index (χ4v) is 1.91. The van der Waals surface area contributed by atoms with Crippen molar-refractivity contribution in [1.29, 1.82) is 0 Å². The Balaban J connectivity index is 2.13. The van der Waals surface area contributed by atoms with Gasteiger partial charge >= 0.3 is 0 Å². The Labute approximate surface area is 111 Å². The minimum Gasteiger partial charge on any atom is -0.361 e. The van der Waals surface area contributed by atoms with Gasteiger partial charge in [0, 0.05) is 24.8 Å². The number of likely N-dealkylation sites (N-methyl/N-ethyl adjacent to an activating group) is 1. The number of fused-ring (bicyclic) bond motifs is 1. The van der Waals surface area contributed by atoms with Crippen molar-refractivity contribution < 1.29 is 4.79 Å². The van der Waals surface area contributed by atoms with Crippen molar-refractivity contribution >= 4 is 17.5 Å². The second-order valence-corrected chi connectivity index (χ2v) is 4.17. The van der Waals surface area contributed by atoms with E-state index >= 15 is 0 Å². The molecule has 2 rings (SSSR count). The smallest absolute Gasteiger partial charge is 0.254 e. The van der Waals surface area contributed by atoms with E-state index in [2.05, 4.69) is 20.4 Å². The van der Waals surface area contributed by atoms with E-state index in [1.165, 1.54) is 6.33 Å². The molecule has 0 saturated carbocycles. The standard InChI is InChI=1S/C12H18N6O/c1-4-17(5-2)11(19)7-13-10-6-9(3)16-12-14-8-15-18(10)12/h6,8,13H,4-5,7H2,1-3H3. The van der Waals surface area contributed by atoms with Gasteiger partial charge in [0.15, 0.2) is 0 Å². The molecule has 19 heavy (non-hydrogen) atoms. The van der Waals surface area contributed by atoms with E-state index in [1.807, 2.05) is 26.8 Å². The molecule has 7 nitrogen and oxygen atoms in total. The van der Waals surface area contributed by atoms with Crippen LogP contribution in [0.4, 0.5) is 5.82 Å². The van der Waals surface area contributed by atoms with Gasteiger partial charge in [-0.15, -0.1) is 0 Å². The number of amides is 1. The molecule has 0 aliphatic carbocycles. The molecule has 0 atom stereocenters. The van der Waals surface area contributed by atoms with Crippen LogP contribution in [0, 0.1) is 6.92 Å². The molecule has 0 radical (unpaired) electrons. The molecule has 0 aliphatic rings. The van der Waals surface area contributed by atoms with Crippen LogP contribution in [-0.2, 0) is 4.79 Å². The van der Waals surface area contributed by atoms with Crippen LogP contribution in [0.2, 0.25) is 0 Å². The molecule has 0 unspecified atom stereocenters. The first kappa shape index (κ1) is 13.3. The maximum atomic E-state index is 11.9. The molecular weight excluding hydrogens is 244 g/mol. The molecular formula is C12H18N6O. The van der Waals surface area contributed by atoms with E-state index < -0.39 is 0 Å². The highest BCUT2D eigenvalue weighted by atomic mass is 16.2. The third kappa shape index (κ3) is 2.81. The zero-order valence-electron chi connectivity index (χ0n) is 11.4. The van der Waals surface area contributed by atoms with Crippen molar-refractivity contribution in [3.63, 3.8) is 0 Å². The van der Waals surface area contributed by atoms with Gasteiger partial charge in [0.05, 0.1) is 6.54 Å². The van der Waals surface area contributed by atoms with Gasteiger partial charge in [-0.05, 0) is 20.8 Å². The lowest BCUT2D eigenvalue weighted by atomic mass is 10.4. The fraction of sp³-hybridized carbons (Fsp3) is 0.500. The van der Waals surface area contributed by atoms with Gasteiger partial charge in [-0.2, -0.15) is 14.6 Å². The first-order chi connectivity index (χ1) is 9.15. The SMILES string of the molecule is CCN(CC)C(=O)CNc1cc(C)nc2ncnn12. The normalized spacial score (nSPS) is 10.7. The minimum absolute atomic E-state index is 0.0627. The van der Waals surface area contributed by atoms with Crippen LogP contribution >= 0.6 is 0 Å². The summed E-state index contributed by atoms with van der Waals surface area (Å²) in [4.78, 5) is 22.0. The zero-order chi connectivity index (χ0) is 13.8. The number of nitrogens with one attached hydrogen (secondary N) is 1. The van der Waals surface area contributed by atoms with Crippen LogP contribution in [-0.4, -0.2) is 50.0 Å². The summed E-state index contributed by atoms with van der Waals surface area (Å²) >= 11 is 0. The zero-order valence-corrected chi connectivity index (χ0v) is 11.4. The Hall–Kier alpha value is -2.18. The molecule has 0 aromatic carbocycles. The quantitative estimate of drug-likeness (QED) is 0.859. The van der Waals surface area contributed by atoms with Crippen molar-refractivity contribution in [2.45, 2.75) is 20.8 Å². The highest BCUT2D eigenvalue weighted by Crippen LogP contribution is 2.09. The lowest BCUT2D eigenvalue weighted by Crippen LogP contribution is -2.35. The van der Waals surface area contributed by atoms with Gasteiger partial charge in [-0.1, -0.05) is 0 Å². The molecule has 0 bridgehead atoms. The van der Waals surface area contributed by atoms with Crippen molar-refractivity contribution in [2.24, 2.45) is 0 Å². The maximum Gasteiger partial charge on any atom is 0.254 e. The van der Waals surface area contributed by atoms with Gasteiger partial charge in [-0.25, -0.2) is 4.98 Å². The summed E-state index contributed by atoms with van der Waals surface area (Å²) in [5.41, 5.74) is 0.832. The monoisotopic (exact) mass is 262 g/mol. The van der Waals surface area contributed by atoms with Crippen LogP contribution in [0.25, 0.3) is 5.78 Å². The first-order valence-electron chi connectivity index (χ1n) is 6.34. The predicted octanol–water partition coefficient (Wildman–Crippen LogP) is 0.713. The third-order valence-corrected chi connectivity index (χ3v) is 2.92. The van der Waals surface area contributed by atoms with Crippen LogP contribution in [0.1, 0.15) is 19.5 Å². The van der Waals surface area contributed by atoms with E-state index in [1.54, 1.807) is 9.42 Å². The minimum atomic E-state index is 0.0627. The third-order valence-electron chi connectivity index (χ3n) is 2.92. The first-order valence-corrected chi connectivity index (χ1v) is 6.34. The summed E-state index contributed by atoms with van der Waals surface area (Å²) in [5.74, 6) is 1.31. The predicted molar refractivity (Wildman–Crippen MR) is 71.9 cm³/mol. The van der Waals surface area contributed by atoms with Crippen LogP contribution in [0.5, 0.6) is 0 Å². The van der Waals surface area contributed by atoms with Crippen molar-refractivity contribution in [3.05, 3.63) is 18.1 Å². The summed E-state index contributed by atoms with van der Waals surface area (Å²) in [5, 5.41) is 7.17. The number of carbonyl (C=O) groups is 1. The van der Waals surface area contributed by atoms with E-state index in [-0.39, 0.29) is 12.5 Å². The lowest BCUT2D eigenvalue weighted by Gasteiger charge is -2.19. The van der Waals surface area contributed by atoms with Gasteiger partial charge in [0.25, 0.3) is 5.78 Å². The fourth-order valence-electron chi connectivity index (χ4n) is 1.91. The Bertz CT molecular complexity index is 575. The topological polar surface area (TPSA) is 75.4 Å². The van der Waals surface area contributed by atoms with Gasteiger partial charge in [0.2, 0.25) is 5.91 Å². The number of aryl methyl sites for hydroxylation is 1. The molecule has 2 aromatic heterocycles. The number of rotatable bonds is 5. The van der Waals surface area contributed by atoms with E-state index in [0.717, 1.165) is 11.5 Å². The average molecular weight is 262 g/mol. The second kappa shape index (κ2) is 5.64. The number of aromatic nitrogens is 4. The number of carbonyl (C=O) groups excluding carboxylic acids is 1. The maximum absolute atomic E-state index is 11.9. The molecule has 7 heteroatoms. The van der Waals surface area contributed by atoms with Gasteiger partial charge in [0.1, 0.15) is 12.1 Å². The summed E-state index contributed by atoms with van der Waals surface area (Å²) in [6.07, 6.45) is 1.44. The molecule has 0 aliphatic heterocycles. The second-order valence-electron chi connectivity index (χ2n) is 4.17. The van der Waals surface area contributed by atoms with E-state index in [4.69, 9.17) is 0 Å². The van der Waals surface area contributed by atoms with Crippen molar-refractivity contribution in [2.75, 3.05) is 25.0 Å². The molecule has 1 N–H and O–H groups in total. The number of hydrogen-bond donors (Lipinski definition) is 1. The number of anilines is 1. The highest BCUT2D eigenvalue weighted by Gasteiger charge is 2.11. The summed E-state index contributed by atoms with van der Waals surface area (Å²) in [6, 6.07) is 1.84. The van der Waals surface area contributed by atoms with Gasteiger partial charge < -0.3 is 10.2 Å².